The van der Waals surface area contributed by atoms with E-state index in [1.54, 1.807) is 6.07 Å². The second kappa shape index (κ2) is 8.16. The highest BCUT2D eigenvalue weighted by Gasteiger charge is 2.31. The minimum atomic E-state index is -4.37. The van der Waals surface area contributed by atoms with Crippen molar-refractivity contribution < 1.29 is 23.1 Å². The molecular formula is C18H17F3N8O2. The van der Waals surface area contributed by atoms with E-state index < -0.39 is 24.3 Å². The number of anilines is 2. The Labute approximate surface area is 173 Å². The van der Waals surface area contributed by atoms with E-state index >= 15 is 0 Å². The number of hydrogen-bond acceptors (Lipinski definition) is 8. The number of carboxylic acid groups (broad SMARTS) is 1. The summed E-state index contributed by atoms with van der Waals surface area (Å²) in [5.74, 6) is -0.396. The fraction of sp³-hybridized carbons (Fsp3) is 0.333. The molecule has 0 bridgehead atoms. The Morgan fingerprint density at radius 1 is 1.06 bits per heavy atom. The molecule has 3 aromatic rings. The minimum absolute atomic E-state index is 0.210. The predicted octanol–water partition coefficient (Wildman–Crippen LogP) is 1.56. The number of hydrogen-bond donors (Lipinski definition) is 1. The van der Waals surface area contributed by atoms with Crippen LogP contribution in [0.4, 0.5) is 24.8 Å². The van der Waals surface area contributed by atoms with Crippen molar-refractivity contribution in [3.63, 3.8) is 0 Å². The summed E-state index contributed by atoms with van der Waals surface area (Å²) in [6.07, 6.45) is -1.34. The van der Waals surface area contributed by atoms with Gasteiger partial charge in [-0.25, -0.2) is 9.97 Å². The topological polar surface area (TPSA) is 113 Å². The largest absolute Gasteiger partial charge is 0.480 e. The van der Waals surface area contributed by atoms with E-state index in [1.165, 1.54) is 18.5 Å². The van der Waals surface area contributed by atoms with Crippen LogP contribution in [0.15, 0.2) is 36.7 Å². The molecule has 10 nitrogen and oxygen atoms in total. The van der Waals surface area contributed by atoms with Crippen LogP contribution in [0, 0.1) is 0 Å². The fourth-order valence-electron chi connectivity index (χ4n) is 3.19. The second-order valence-corrected chi connectivity index (χ2v) is 6.83. The molecule has 1 N–H and O–H groups in total. The van der Waals surface area contributed by atoms with Crippen molar-refractivity contribution in [3.8, 4) is 11.4 Å². The molecule has 0 aliphatic carbocycles. The molecule has 1 aliphatic heterocycles. The van der Waals surface area contributed by atoms with Gasteiger partial charge in [0.1, 0.15) is 0 Å². The van der Waals surface area contributed by atoms with Crippen LogP contribution in [-0.4, -0.2) is 67.4 Å². The monoisotopic (exact) mass is 434 g/mol. The van der Waals surface area contributed by atoms with Gasteiger partial charge in [-0.15, -0.1) is 10.2 Å². The number of rotatable bonds is 5. The van der Waals surface area contributed by atoms with Crippen LogP contribution in [0.25, 0.3) is 11.4 Å². The molecule has 13 heteroatoms. The number of carboxylic acids is 1. The summed E-state index contributed by atoms with van der Waals surface area (Å²) in [6.45, 7) is 1.74. The maximum Gasteiger partial charge on any atom is 0.416 e. The molecule has 1 aliphatic rings. The van der Waals surface area contributed by atoms with Gasteiger partial charge in [-0.05, 0) is 23.4 Å². The number of aromatic nitrogens is 6. The molecule has 3 heterocycles. The SMILES string of the molecule is O=C(O)Cn1nnc(-c2cnc(N3CCN(c4cccc(C(F)(F)F)c4)CC3)nc2)n1. The highest BCUT2D eigenvalue weighted by atomic mass is 19.4. The molecule has 4 rings (SSSR count). The van der Waals surface area contributed by atoms with Crippen molar-refractivity contribution in [1.29, 1.82) is 0 Å². The van der Waals surface area contributed by atoms with Crippen LogP contribution in [0.3, 0.4) is 0 Å². The number of nitrogens with zero attached hydrogens (tertiary/aromatic N) is 8. The molecule has 0 amide bonds. The molecule has 0 spiro atoms. The molecular weight excluding hydrogens is 417 g/mol. The second-order valence-electron chi connectivity index (χ2n) is 6.83. The van der Waals surface area contributed by atoms with Crippen LogP contribution >= 0.6 is 0 Å². The molecule has 162 valence electrons. The van der Waals surface area contributed by atoms with E-state index in [0.717, 1.165) is 16.9 Å². The van der Waals surface area contributed by atoms with E-state index in [4.69, 9.17) is 5.11 Å². The van der Waals surface area contributed by atoms with Gasteiger partial charge in [-0.3, -0.25) is 4.79 Å². The summed E-state index contributed by atoms with van der Waals surface area (Å²) >= 11 is 0. The van der Waals surface area contributed by atoms with Crippen molar-refractivity contribution >= 4 is 17.6 Å². The summed E-state index contributed by atoms with van der Waals surface area (Å²) in [4.78, 5) is 24.1. The van der Waals surface area contributed by atoms with E-state index in [2.05, 4.69) is 25.4 Å². The van der Waals surface area contributed by atoms with E-state index in [9.17, 15) is 18.0 Å². The summed E-state index contributed by atoms with van der Waals surface area (Å²) in [5.41, 5.74) is 0.351. The first kappa shape index (κ1) is 20.5. The summed E-state index contributed by atoms with van der Waals surface area (Å²) < 4.78 is 38.8. The van der Waals surface area contributed by atoms with Crippen molar-refractivity contribution in [2.45, 2.75) is 12.7 Å². The third-order valence-corrected chi connectivity index (χ3v) is 4.73. The van der Waals surface area contributed by atoms with Gasteiger partial charge in [0.05, 0.1) is 11.1 Å². The Bertz CT molecular complexity index is 1060. The molecule has 1 aromatic carbocycles. The highest BCUT2D eigenvalue weighted by Crippen LogP contribution is 2.32. The number of piperazine rings is 1. The van der Waals surface area contributed by atoms with Crippen LogP contribution in [0.5, 0.6) is 0 Å². The first-order valence-electron chi connectivity index (χ1n) is 9.29. The first-order chi connectivity index (χ1) is 14.8. The van der Waals surface area contributed by atoms with Gasteiger partial charge in [0, 0.05) is 44.3 Å². The number of carbonyl (C=O) groups is 1. The quantitative estimate of drug-likeness (QED) is 0.639. The van der Waals surface area contributed by atoms with E-state index in [0.29, 0.717) is 43.4 Å². The van der Waals surface area contributed by atoms with Gasteiger partial charge >= 0.3 is 12.1 Å². The lowest BCUT2D eigenvalue weighted by atomic mass is 10.1. The van der Waals surface area contributed by atoms with E-state index in [1.807, 2.05) is 9.80 Å². The standard InChI is InChI=1S/C18H17F3N8O2/c19-18(20,21)13-2-1-3-14(8-13)27-4-6-28(7-5-27)17-22-9-12(10-23-17)16-24-26-29(25-16)11-15(30)31/h1-3,8-10H,4-7,11H2,(H,30,31). The number of aliphatic carboxylic acids is 1. The Balaban J connectivity index is 1.39. The summed E-state index contributed by atoms with van der Waals surface area (Å²) in [5, 5.41) is 20.2. The molecule has 1 saturated heterocycles. The Morgan fingerprint density at radius 3 is 2.39 bits per heavy atom. The van der Waals surface area contributed by atoms with Crippen molar-refractivity contribution in [2.75, 3.05) is 36.0 Å². The maximum absolute atomic E-state index is 12.9. The number of tetrazole rings is 1. The number of alkyl halides is 3. The van der Waals surface area contributed by atoms with Crippen LogP contribution in [-0.2, 0) is 17.5 Å². The normalized spacial score (nSPS) is 14.7. The van der Waals surface area contributed by atoms with Crippen LogP contribution in [0.1, 0.15) is 5.56 Å². The molecule has 2 aromatic heterocycles. The first-order valence-corrected chi connectivity index (χ1v) is 9.29. The zero-order chi connectivity index (χ0) is 22.0. The molecule has 0 saturated carbocycles. The lowest BCUT2D eigenvalue weighted by molar-refractivity contribution is -0.138. The third-order valence-electron chi connectivity index (χ3n) is 4.73. The van der Waals surface area contributed by atoms with Gasteiger partial charge in [0.15, 0.2) is 6.54 Å². The van der Waals surface area contributed by atoms with Crippen LogP contribution in [0.2, 0.25) is 0 Å². The highest BCUT2D eigenvalue weighted by molar-refractivity contribution is 5.66. The van der Waals surface area contributed by atoms with Crippen LogP contribution < -0.4 is 9.80 Å². The molecule has 0 radical (unpaired) electrons. The number of halogens is 3. The zero-order valence-electron chi connectivity index (χ0n) is 16.1. The lowest BCUT2D eigenvalue weighted by Crippen LogP contribution is -2.47. The van der Waals surface area contributed by atoms with Gasteiger partial charge in [-0.1, -0.05) is 6.07 Å². The van der Waals surface area contributed by atoms with Crippen molar-refractivity contribution in [2.24, 2.45) is 0 Å². The van der Waals surface area contributed by atoms with Crippen molar-refractivity contribution in [3.05, 3.63) is 42.2 Å². The molecule has 31 heavy (non-hydrogen) atoms. The Kier molecular flexibility index (Phi) is 5.40. The van der Waals surface area contributed by atoms with Gasteiger partial charge in [0.2, 0.25) is 11.8 Å². The zero-order valence-corrected chi connectivity index (χ0v) is 16.1. The average Bonchev–Trinajstić information content (AvgIpc) is 3.21. The lowest BCUT2D eigenvalue weighted by Gasteiger charge is -2.36. The van der Waals surface area contributed by atoms with Gasteiger partial charge in [-0.2, -0.15) is 18.0 Å². The fourth-order valence-corrected chi connectivity index (χ4v) is 3.19. The average molecular weight is 434 g/mol. The predicted molar refractivity (Wildman–Crippen MR) is 102 cm³/mol. The maximum atomic E-state index is 12.9. The van der Waals surface area contributed by atoms with Crippen molar-refractivity contribution in [1.82, 2.24) is 30.2 Å². The molecule has 0 atom stereocenters. The number of benzene rings is 1. The summed E-state index contributed by atoms with van der Waals surface area (Å²) in [7, 11) is 0. The summed E-state index contributed by atoms with van der Waals surface area (Å²) in [6, 6.07) is 5.30. The van der Waals surface area contributed by atoms with Gasteiger partial charge in [0.25, 0.3) is 0 Å². The third kappa shape index (κ3) is 4.70. The Hall–Kier alpha value is -3.77. The minimum Gasteiger partial charge on any atom is -0.480 e. The Morgan fingerprint density at radius 2 is 1.74 bits per heavy atom. The van der Waals surface area contributed by atoms with Gasteiger partial charge < -0.3 is 14.9 Å². The smallest absolute Gasteiger partial charge is 0.416 e. The molecule has 1 fully saturated rings. The molecule has 0 unspecified atom stereocenters. The van der Waals surface area contributed by atoms with E-state index in [-0.39, 0.29) is 5.82 Å².